The van der Waals surface area contributed by atoms with Gasteiger partial charge in [0, 0.05) is 12.0 Å². The quantitative estimate of drug-likeness (QED) is 0.333. The van der Waals surface area contributed by atoms with E-state index in [1.54, 1.807) is 0 Å². The van der Waals surface area contributed by atoms with Gasteiger partial charge in [0.1, 0.15) is 5.84 Å². The molecule has 0 heterocycles. The first-order chi connectivity index (χ1) is 8.36. The molecule has 0 aromatic heterocycles. The first-order valence-electron chi connectivity index (χ1n) is 5.85. The number of nitrogens with zero attached hydrogens (tertiary/aromatic N) is 1. The molecule has 0 radical (unpaired) electrons. The predicted octanol–water partition coefficient (Wildman–Crippen LogP) is 3.22. The van der Waals surface area contributed by atoms with Crippen LogP contribution in [-0.2, 0) is 0 Å². The molecule has 0 amide bonds. The van der Waals surface area contributed by atoms with Gasteiger partial charge in [0.2, 0.25) is 0 Å². The van der Waals surface area contributed by atoms with Gasteiger partial charge in [0.15, 0.2) is 0 Å². The number of rotatable bonds is 5. The number of nitrogens with one attached hydrogen (secondary N) is 1. The minimum atomic E-state index is -0.348. The SMILES string of the molecule is Cc1ccc(NCCC(C)(C)C(N)=NO)c(Cl)c1. The van der Waals surface area contributed by atoms with Crippen molar-refractivity contribution in [1.82, 2.24) is 0 Å². The zero-order valence-electron chi connectivity index (χ0n) is 11.0. The fourth-order valence-corrected chi connectivity index (χ4v) is 1.84. The Morgan fingerprint density at radius 1 is 1.50 bits per heavy atom. The number of hydrogen-bond donors (Lipinski definition) is 3. The lowest BCUT2D eigenvalue weighted by Crippen LogP contribution is -2.33. The molecule has 4 N–H and O–H groups in total. The van der Waals surface area contributed by atoms with Crippen molar-refractivity contribution in [3.8, 4) is 0 Å². The molecular weight excluding hydrogens is 250 g/mol. The summed E-state index contributed by atoms with van der Waals surface area (Å²) in [6.07, 6.45) is 0.743. The fraction of sp³-hybridized carbons (Fsp3) is 0.462. The van der Waals surface area contributed by atoms with Crippen molar-refractivity contribution in [1.29, 1.82) is 0 Å². The zero-order chi connectivity index (χ0) is 13.8. The molecule has 0 aliphatic rings. The Morgan fingerprint density at radius 3 is 2.72 bits per heavy atom. The maximum absolute atomic E-state index is 8.68. The topological polar surface area (TPSA) is 70.6 Å². The molecule has 0 atom stereocenters. The normalized spacial score (nSPS) is 12.6. The largest absolute Gasteiger partial charge is 0.409 e. The van der Waals surface area contributed by atoms with Crippen LogP contribution >= 0.6 is 11.6 Å². The maximum Gasteiger partial charge on any atom is 0.144 e. The third-order valence-electron chi connectivity index (χ3n) is 2.99. The summed E-state index contributed by atoms with van der Waals surface area (Å²) < 4.78 is 0. The monoisotopic (exact) mass is 269 g/mol. The van der Waals surface area contributed by atoms with Crippen molar-refractivity contribution in [3.63, 3.8) is 0 Å². The number of benzene rings is 1. The van der Waals surface area contributed by atoms with Gasteiger partial charge in [-0.3, -0.25) is 0 Å². The second kappa shape index (κ2) is 5.96. The zero-order valence-corrected chi connectivity index (χ0v) is 11.8. The third-order valence-corrected chi connectivity index (χ3v) is 3.30. The van der Waals surface area contributed by atoms with Crippen LogP contribution < -0.4 is 11.1 Å². The van der Waals surface area contributed by atoms with Crippen LogP contribution in [0, 0.1) is 12.3 Å². The van der Waals surface area contributed by atoms with E-state index in [4.69, 9.17) is 22.5 Å². The van der Waals surface area contributed by atoms with E-state index < -0.39 is 0 Å². The Morgan fingerprint density at radius 2 is 2.17 bits per heavy atom. The van der Waals surface area contributed by atoms with E-state index in [0.717, 1.165) is 17.7 Å². The number of halogens is 1. The van der Waals surface area contributed by atoms with Gasteiger partial charge >= 0.3 is 0 Å². The Bertz CT molecular complexity index is 444. The lowest BCUT2D eigenvalue weighted by Gasteiger charge is -2.23. The van der Waals surface area contributed by atoms with Gasteiger partial charge in [0.25, 0.3) is 0 Å². The van der Waals surface area contributed by atoms with E-state index in [1.807, 2.05) is 39.0 Å². The molecule has 0 spiro atoms. The van der Waals surface area contributed by atoms with Gasteiger partial charge in [-0.2, -0.15) is 0 Å². The van der Waals surface area contributed by atoms with Crippen LogP contribution in [0.1, 0.15) is 25.8 Å². The molecule has 5 heteroatoms. The molecule has 1 aromatic carbocycles. The summed E-state index contributed by atoms with van der Waals surface area (Å²) in [4.78, 5) is 0. The average molecular weight is 270 g/mol. The Labute approximate surface area is 113 Å². The third kappa shape index (κ3) is 3.81. The van der Waals surface area contributed by atoms with Crippen LogP contribution in [0.4, 0.5) is 5.69 Å². The second-order valence-corrected chi connectivity index (χ2v) is 5.44. The van der Waals surface area contributed by atoms with Crippen LogP contribution in [0.5, 0.6) is 0 Å². The van der Waals surface area contributed by atoms with Crippen LogP contribution in [0.15, 0.2) is 23.4 Å². The molecule has 0 aliphatic heterocycles. The molecule has 0 saturated heterocycles. The number of oxime groups is 1. The summed E-state index contributed by atoms with van der Waals surface area (Å²) in [5.74, 6) is 0.235. The Hall–Kier alpha value is -1.42. The van der Waals surface area contributed by atoms with Crippen LogP contribution in [0.3, 0.4) is 0 Å². The lowest BCUT2D eigenvalue weighted by molar-refractivity contribution is 0.306. The first-order valence-corrected chi connectivity index (χ1v) is 6.22. The summed E-state index contributed by atoms with van der Waals surface area (Å²) in [7, 11) is 0. The second-order valence-electron chi connectivity index (χ2n) is 5.03. The highest BCUT2D eigenvalue weighted by Crippen LogP contribution is 2.24. The molecule has 1 rings (SSSR count). The smallest absolute Gasteiger partial charge is 0.144 e. The summed E-state index contributed by atoms with van der Waals surface area (Å²) in [6.45, 7) is 6.56. The van der Waals surface area contributed by atoms with E-state index in [1.165, 1.54) is 0 Å². The van der Waals surface area contributed by atoms with E-state index in [2.05, 4.69) is 10.5 Å². The fourth-order valence-electron chi connectivity index (χ4n) is 1.54. The van der Waals surface area contributed by atoms with Crippen LogP contribution in [-0.4, -0.2) is 17.6 Å². The molecule has 100 valence electrons. The molecule has 0 saturated carbocycles. The van der Waals surface area contributed by atoms with Gasteiger partial charge in [-0.05, 0) is 31.0 Å². The molecular formula is C13H20ClN3O. The van der Waals surface area contributed by atoms with Crippen molar-refractivity contribution in [2.24, 2.45) is 16.3 Å². The van der Waals surface area contributed by atoms with Gasteiger partial charge in [0.05, 0.1) is 10.7 Å². The summed E-state index contributed by atoms with van der Waals surface area (Å²) in [5.41, 5.74) is 7.31. The minimum absolute atomic E-state index is 0.235. The lowest BCUT2D eigenvalue weighted by atomic mass is 9.88. The van der Waals surface area contributed by atoms with E-state index in [0.29, 0.717) is 11.6 Å². The Kier molecular flexibility index (Phi) is 4.84. The van der Waals surface area contributed by atoms with Gasteiger partial charge in [-0.15, -0.1) is 0 Å². The van der Waals surface area contributed by atoms with Gasteiger partial charge < -0.3 is 16.3 Å². The summed E-state index contributed by atoms with van der Waals surface area (Å²) >= 11 is 6.12. The van der Waals surface area contributed by atoms with Crippen molar-refractivity contribution in [3.05, 3.63) is 28.8 Å². The number of hydrogen-bond acceptors (Lipinski definition) is 3. The van der Waals surface area contributed by atoms with E-state index >= 15 is 0 Å². The van der Waals surface area contributed by atoms with Crippen LogP contribution in [0.2, 0.25) is 5.02 Å². The average Bonchev–Trinajstić information content (AvgIpc) is 2.30. The molecule has 0 bridgehead atoms. The van der Waals surface area contributed by atoms with Crippen molar-refractivity contribution in [2.45, 2.75) is 27.2 Å². The first kappa shape index (κ1) is 14.6. The highest BCUT2D eigenvalue weighted by atomic mass is 35.5. The standard InChI is InChI=1S/C13H20ClN3O/c1-9-4-5-11(10(14)8-9)16-7-6-13(2,3)12(15)17-18/h4-5,8,16,18H,6-7H2,1-3H3,(H2,15,17). The van der Waals surface area contributed by atoms with Gasteiger partial charge in [-0.25, -0.2) is 0 Å². The molecule has 18 heavy (non-hydrogen) atoms. The van der Waals surface area contributed by atoms with Gasteiger partial charge in [-0.1, -0.05) is 36.7 Å². The van der Waals surface area contributed by atoms with Crippen LogP contribution in [0.25, 0.3) is 0 Å². The molecule has 1 aromatic rings. The predicted molar refractivity (Wildman–Crippen MR) is 76.5 cm³/mol. The number of nitrogens with two attached hydrogens (primary N) is 1. The number of amidine groups is 1. The molecule has 4 nitrogen and oxygen atoms in total. The molecule has 0 unspecified atom stereocenters. The van der Waals surface area contributed by atoms with Crippen molar-refractivity contribution in [2.75, 3.05) is 11.9 Å². The number of aryl methyl sites for hydroxylation is 1. The molecule has 0 aliphatic carbocycles. The van der Waals surface area contributed by atoms with E-state index in [-0.39, 0.29) is 11.3 Å². The van der Waals surface area contributed by atoms with Crippen molar-refractivity contribution < 1.29 is 5.21 Å². The Balaban J connectivity index is 2.57. The highest BCUT2D eigenvalue weighted by molar-refractivity contribution is 6.33. The van der Waals surface area contributed by atoms with E-state index in [9.17, 15) is 0 Å². The minimum Gasteiger partial charge on any atom is -0.409 e. The van der Waals surface area contributed by atoms with Crippen molar-refractivity contribution >= 4 is 23.1 Å². The maximum atomic E-state index is 8.68. The summed E-state index contributed by atoms with van der Waals surface area (Å²) in [6, 6.07) is 5.87. The molecule has 0 fully saturated rings. The summed E-state index contributed by atoms with van der Waals surface area (Å²) in [5, 5.41) is 15.7. The highest BCUT2D eigenvalue weighted by Gasteiger charge is 2.22. The number of anilines is 1.